The molecule has 0 saturated carbocycles. The summed E-state index contributed by atoms with van der Waals surface area (Å²) in [6.45, 7) is 1.56. The number of rotatable bonds is 2. The molecule has 1 aromatic heterocycles. The fraction of sp³-hybridized carbons (Fsp3) is 0.167. The zero-order valence-electron chi connectivity index (χ0n) is 9.98. The highest BCUT2D eigenvalue weighted by molar-refractivity contribution is 5.86. The highest BCUT2D eigenvalue weighted by Gasteiger charge is 2.17. The molecule has 2 rings (SSSR count). The Bertz CT molecular complexity index is 566. The van der Waals surface area contributed by atoms with Gasteiger partial charge in [-0.15, -0.1) is 0 Å². The van der Waals surface area contributed by atoms with Crippen molar-refractivity contribution in [1.29, 1.82) is 0 Å². The fourth-order valence-corrected chi connectivity index (χ4v) is 1.48. The van der Waals surface area contributed by atoms with Gasteiger partial charge in [0.05, 0.1) is 0 Å². The van der Waals surface area contributed by atoms with Crippen molar-refractivity contribution in [3.8, 4) is 5.75 Å². The van der Waals surface area contributed by atoms with Crippen LogP contribution in [-0.2, 0) is 7.05 Å². The van der Waals surface area contributed by atoms with E-state index in [1.165, 1.54) is 7.05 Å². The number of ether oxygens (including phenoxy) is 1. The van der Waals surface area contributed by atoms with E-state index in [0.717, 1.165) is 4.68 Å². The van der Waals surface area contributed by atoms with Crippen LogP contribution in [0.2, 0.25) is 0 Å². The van der Waals surface area contributed by atoms with Crippen LogP contribution in [0.3, 0.4) is 0 Å². The molecule has 1 heterocycles. The van der Waals surface area contributed by atoms with Gasteiger partial charge in [-0.3, -0.25) is 5.32 Å². The number of amides is 1. The summed E-state index contributed by atoms with van der Waals surface area (Å²) >= 11 is 0. The molecule has 1 amide bonds. The van der Waals surface area contributed by atoms with Crippen LogP contribution in [0.15, 0.2) is 30.3 Å². The third kappa shape index (κ3) is 2.48. The molecule has 2 aromatic rings. The Balaban J connectivity index is 2.08. The second-order valence-corrected chi connectivity index (χ2v) is 3.71. The van der Waals surface area contributed by atoms with Crippen molar-refractivity contribution in [2.45, 2.75) is 6.92 Å². The van der Waals surface area contributed by atoms with Crippen molar-refractivity contribution in [3.63, 3.8) is 0 Å². The number of carbonyl (C=O) groups is 1. The van der Waals surface area contributed by atoms with E-state index in [-0.39, 0.29) is 5.75 Å². The van der Waals surface area contributed by atoms with Gasteiger partial charge in [-0.25, -0.2) is 9.48 Å². The number of benzene rings is 1. The summed E-state index contributed by atoms with van der Waals surface area (Å²) in [6, 6.07) is 8.76. The molecule has 0 radical (unpaired) electrons. The maximum atomic E-state index is 13.5. The van der Waals surface area contributed by atoms with Crippen LogP contribution in [0.4, 0.5) is 14.9 Å². The molecule has 0 atom stereocenters. The van der Waals surface area contributed by atoms with Gasteiger partial charge in [0, 0.05) is 12.7 Å². The Morgan fingerprint density at radius 3 is 2.61 bits per heavy atom. The lowest BCUT2D eigenvalue weighted by Crippen LogP contribution is -2.17. The molecule has 0 bridgehead atoms. The Labute approximate surface area is 103 Å². The summed E-state index contributed by atoms with van der Waals surface area (Å²) in [6.07, 6.45) is -0.754. The van der Waals surface area contributed by atoms with Crippen LogP contribution in [0.5, 0.6) is 5.75 Å². The van der Waals surface area contributed by atoms with Crippen LogP contribution in [0.25, 0.3) is 0 Å². The average Bonchev–Trinajstić information content (AvgIpc) is 2.57. The molecule has 0 aliphatic heterocycles. The number of para-hydroxylation sites is 1. The maximum absolute atomic E-state index is 13.5. The van der Waals surface area contributed by atoms with E-state index in [9.17, 15) is 9.18 Å². The first-order valence-electron chi connectivity index (χ1n) is 5.31. The number of nitrogens with zero attached hydrogens (tertiary/aromatic N) is 2. The van der Waals surface area contributed by atoms with Gasteiger partial charge in [-0.2, -0.15) is 9.49 Å². The van der Waals surface area contributed by atoms with Gasteiger partial charge in [0.25, 0.3) is 5.95 Å². The SMILES string of the molecule is Cc1nn(C)c(F)c1OC(=O)Nc1ccccc1. The van der Waals surface area contributed by atoms with Gasteiger partial charge >= 0.3 is 6.09 Å². The van der Waals surface area contributed by atoms with E-state index in [1.54, 1.807) is 31.2 Å². The second kappa shape index (κ2) is 4.87. The van der Waals surface area contributed by atoms with E-state index in [4.69, 9.17) is 4.74 Å². The van der Waals surface area contributed by atoms with Crippen molar-refractivity contribution in [1.82, 2.24) is 9.78 Å². The lowest BCUT2D eigenvalue weighted by molar-refractivity contribution is 0.212. The second-order valence-electron chi connectivity index (χ2n) is 3.71. The molecule has 0 aliphatic carbocycles. The highest BCUT2D eigenvalue weighted by atomic mass is 19.1. The molecule has 5 nitrogen and oxygen atoms in total. The number of hydrogen-bond donors (Lipinski definition) is 1. The number of hydrogen-bond acceptors (Lipinski definition) is 3. The summed E-state index contributed by atoms with van der Waals surface area (Å²) in [5.41, 5.74) is 0.891. The van der Waals surface area contributed by atoms with Crippen LogP contribution < -0.4 is 10.1 Å². The topological polar surface area (TPSA) is 56.2 Å². The number of carbonyl (C=O) groups excluding carboxylic acids is 1. The minimum atomic E-state index is -0.754. The molecular weight excluding hydrogens is 237 g/mol. The van der Waals surface area contributed by atoms with Gasteiger partial charge < -0.3 is 4.74 Å². The summed E-state index contributed by atoms with van der Waals surface area (Å²) in [5, 5.41) is 6.30. The largest absolute Gasteiger partial charge is 0.417 e. The maximum Gasteiger partial charge on any atom is 0.417 e. The van der Waals surface area contributed by atoms with Crippen molar-refractivity contribution in [3.05, 3.63) is 42.0 Å². The Morgan fingerprint density at radius 1 is 1.39 bits per heavy atom. The van der Waals surface area contributed by atoms with Crippen molar-refractivity contribution < 1.29 is 13.9 Å². The lowest BCUT2D eigenvalue weighted by atomic mass is 10.3. The first-order chi connectivity index (χ1) is 8.58. The number of anilines is 1. The predicted molar refractivity (Wildman–Crippen MR) is 64.0 cm³/mol. The van der Waals surface area contributed by atoms with Crippen LogP contribution in [0, 0.1) is 12.9 Å². The zero-order valence-corrected chi connectivity index (χ0v) is 9.98. The van der Waals surface area contributed by atoms with Gasteiger partial charge in [-0.05, 0) is 19.1 Å². The quantitative estimate of drug-likeness (QED) is 0.889. The van der Waals surface area contributed by atoms with E-state index >= 15 is 0 Å². The first kappa shape index (κ1) is 12.1. The molecule has 94 valence electrons. The predicted octanol–water partition coefficient (Wildman–Crippen LogP) is 2.48. The lowest BCUT2D eigenvalue weighted by Gasteiger charge is -2.05. The molecule has 18 heavy (non-hydrogen) atoms. The smallest absolute Gasteiger partial charge is 0.403 e. The molecule has 6 heteroatoms. The molecule has 1 N–H and O–H groups in total. The summed E-state index contributed by atoms with van der Waals surface area (Å²) in [4.78, 5) is 11.6. The molecular formula is C12H12FN3O2. The van der Waals surface area contributed by atoms with Crippen LogP contribution in [0.1, 0.15) is 5.69 Å². The summed E-state index contributed by atoms with van der Waals surface area (Å²) in [7, 11) is 1.43. The van der Waals surface area contributed by atoms with Crippen molar-refractivity contribution in [2.24, 2.45) is 7.05 Å². The Morgan fingerprint density at radius 2 is 2.06 bits per heavy atom. The summed E-state index contributed by atoms with van der Waals surface area (Å²) < 4.78 is 19.4. The minimum Gasteiger partial charge on any atom is -0.403 e. The van der Waals surface area contributed by atoms with E-state index in [0.29, 0.717) is 11.4 Å². The third-order valence-electron chi connectivity index (χ3n) is 2.32. The molecule has 0 aliphatic rings. The number of aryl methyl sites for hydroxylation is 2. The Hall–Kier alpha value is -2.37. The van der Waals surface area contributed by atoms with Gasteiger partial charge in [0.2, 0.25) is 5.75 Å². The number of halogens is 1. The van der Waals surface area contributed by atoms with Gasteiger partial charge in [0.1, 0.15) is 5.69 Å². The van der Waals surface area contributed by atoms with Crippen LogP contribution in [-0.4, -0.2) is 15.9 Å². The normalized spacial score (nSPS) is 10.2. The standard InChI is InChI=1S/C12H12FN3O2/c1-8-10(11(13)16(2)15-8)18-12(17)14-9-6-4-3-5-7-9/h3-7H,1-2H3,(H,14,17). The highest BCUT2D eigenvalue weighted by Crippen LogP contribution is 2.21. The van der Waals surface area contributed by atoms with Gasteiger partial charge in [0.15, 0.2) is 0 Å². The van der Waals surface area contributed by atoms with E-state index < -0.39 is 12.0 Å². The van der Waals surface area contributed by atoms with Crippen molar-refractivity contribution >= 4 is 11.8 Å². The van der Waals surface area contributed by atoms with Gasteiger partial charge in [-0.1, -0.05) is 18.2 Å². The third-order valence-corrected chi connectivity index (χ3v) is 2.32. The van der Waals surface area contributed by atoms with Crippen LogP contribution >= 0.6 is 0 Å². The summed E-state index contributed by atoms with van der Waals surface area (Å²) in [5.74, 6) is -0.846. The Kier molecular flexibility index (Phi) is 3.27. The minimum absolute atomic E-state index is 0.161. The van der Waals surface area contributed by atoms with E-state index in [1.807, 2.05) is 6.07 Å². The average molecular weight is 249 g/mol. The molecule has 0 spiro atoms. The molecule has 1 aromatic carbocycles. The van der Waals surface area contributed by atoms with E-state index in [2.05, 4.69) is 10.4 Å². The first-order valence-corrected chi connectivity index (χ1v) is 5.31. The number of nitrogens with one attached hydrogen (secondary N) is 1. The zero-order chi connectivity index (χ0) is 13.1. The molecule has 0 fully saturated rings. The van der Waals surface area contributed by atoms with Crippen molar-refractivity contribution in [2.75, 3.05) is 5.32 Å². The molecule has 0 saturated heterocycles. The fourth-order valence-electron chi connectivity index (χ4n) is 1.48. The number of aromatic nitrogens is 2. The monoisotopic (exact) mass is 249 g/mol. The molecule has 0 unspecified atom stereocenters.